The Hall–Kier alpha value is 0.376. The molecule has 0 saturated heterocycles. The summed E-state index contributed by atoms with van der Waals surface area (Å²) in [6.07, 6.45) is -0.0485. The van der Waals surface area contributed by atoms with Crippen molar-refractivity contribution in [3.8, 4) is 0 Å². The van der Waals surface area contributed by atoms with Crippen molar-refractivity contribution in [1.29, 1.82) is 0 Å². The van der Waals surface area contributed by atoms with Crippen molar-refractivity contribution in [2.45, 2.75) is 39.2 Å². The van der Waals surface area contributed by atoms with Crippen molar-refractivity contribution >= 4 is 63.4 Å². The number of carbonyl (C=O) groups excluding carboxylic acids is 1. The first kappa shape index (κ1) is 17.8. The summed E-state index contributed by atoms with van der Waals surface area (Å²) in [4.78, 5) is 21.2. The molecule has 0 spiro atoms. The van der Waals surface area contributed by atoms with Gasteiger partial charge >= 0.3 is 63.4 Å². The Labute approximate surface area is 132 Å². The van der Waals surface area contributed by atoms with Gasteiger partial charge in [-0.1, -0.05) is 0 Å². The van der Waals surface area contributed by atoms with Gasteiger partial charge in [-0.15, -0.1) is 0 Å². The van der Waals surface area contributed by atoms with Gasteiger partial charge in [0.05, 0.1) is 0 Å². The summed E-state index contributed by atoms with van der Waals surface area (Å²) in [6, 6.07) is 0. The van der Waals surface area contributed by atoms with Crippen LogP contribution in [0.25, 0.3) is 0 Å². The number of hydrogen-bond donors (Lipinski definition) is 2. The number of rotatable bonds is 4. The third-order valence-electron chi connectivity index (χ3n) is 1.24. The number of carboxylic acids is 1. The van der Waals surface area contributed by atoms with Gasteiger partial charge in [0.2, 0.25) is 0 Å². The van der Waals surface area contributed by atoms with E-state index in [0.717, 1.165) is 0 Å². The first-order chi connectivity index (χ1) is 6.31. The number of carboxylic acid groups (broad SMARTS) is 1. The second-order valence-corrected chi connectivity index (χ2v) is 3.93. The van der Waals surface area contributed by atoms with Gasteiger partial charge in [0.1, 0.15) is 5.60 Å². The first-order valence-corrected chi connectivity index (χ1v) is 4.50. The standard InChI is InChI=1S/C9H17NO4.K.H/c1-9(2,3)14-8(13)10-6-4-5-7(11)12;;/h4-6H2,1-3H3,(H,10,13)(H,11,12);;. The Bertz CT molecular complexity index is 213. The average Bonchev–Trinajstić information content (AvgIpc) is 1.94. The van der Waals surface area contributed by atoms with Crippen LogP contribution < -0.4 is 5.32 Å². The van der Waals surface area contributed by atoms with Crippen molar-refractivity contribution < 1.29 is 19.4 Å². The number of carbonyl (C=O) groups is 2. The van der Waals surface area contributed by atoms with Crippen molar-refractivity contribution in [1.82, 2.24) is 5.32 Å². The number of nitrogens with one attached hydrogen (secondary N) is 1. The third-order valence-corrected chi connectivity index (χ3v) is 1.24. The number of hydrogen-bond acceptors (Lipinski definition) is 3. The van der Waals surface area contributed by atoms with E-state index in [0.29, 0.717) is 13.0 Å². The van der Waals surface area contributed by atoms with Crippen LogP contribution in [-0.2, 0) is 9.53 Å². The summed E-state index contributed by atoms with van der Waals surface area (Å²) in [6.45, 7) is 5.62. The molecule has 15 heavy (non-hydrogen) atoms. The molecule has 0 aromatic carbocycles. The molecule has 0 aromatic rings. The van der Waals surface area contributed by atoms with Crippen molar-refractivity contribution in [2.24, 2.45) is 0 Å². The van der Waals surface area contributed by atoms with E-state index in [-0.39, 0.29) is 57.8 Å². The van der Waals surface area contributed by atoms with Gasteiger partial charge in [-0.05, 0) is 27.2 Å². The van der Waals surface area contributed by atoms with E-state index in [1.165, 1.54) is 0 Å². The van der Waals surface area contributed by atoms with E-state index < -0.39 is 17.7 Å². The van der Waals surface area contributed by atoms with Gasteiger partial charge in [-0.3, -0.25) is 4.79 Å². The molecule has 6 heteroatoms. The van der Waals surface area contributed by atoms with E-state index >= 15 is 0 Å². The van der Waals surface area contributed by atoms with Crippen LogP contribution in [0, 0.1) is 0 Å². The maximum absolute atomic E-state index is 11.0. The SMILES string of the molecule is CC(C)(C)OC(=O)NCCCC(=O)O.[KH]. The molecule has 0 fully saturated rings. The Morgan fingerprint density at radius 3 is 2.27 bits per heavy atom. The van der Waals surface area contributed by atoms with E-state index in [4.69, 9.17) is 9.84 Å². The molecular formula is C9H18KNO4. The normalized spacial score (nSPS) is 10.1. The minimum absolute atomic E-state index is 0. The summed E-state index contributed by atoms with van der Waals surface area (Å²) in [5.74, 6) is -0.865. The number of ether oxygens (including phenoxy) is 1. The van der Waals surface area contributed by atoms with Gasteiger partial charge in [0.15, 0.2) is 0 Å². The van der Waals surface area contributed by atoms with E-state index in [1.54, 1.807) is 20.8 Å². The molecule has 0 rings (SSSR count). The minimum atomic E-state index is -0.865. The predicted molar refractivity (Wildman–Crippen MR) is 58.3 cm³/mol. The van der Waals surface area contributed by atoms with Gasteiger partial charge in [0, 0.05) is 13.0 Å². The van der Waals surface area contributed by atoms with Gasteiger partial charge < -0.3 is 15.2 Å². The molecule has 0 radical (unpaired) electrons. The molecule has 0 aromatic heterocycles. The molecule has 0 aliphatic heterocycles. The summed E-state index contributed by atoms with van der Waals surface area (Å²) in [7, 11) is 0. The van der Waals surface area contributed by atoms with E-state index in [1.807, 2.05) is 0 Å². The molecule has 0 heterocycles. The Morgan fingerprint density at radius 1 is 1.33 bits per heavy atom. The Morgan fingerprint density at radius 2 is 1.87 bits per heavy atom. The number of alkyl carbamates (subject to hydrolysis) is 1. The molecule has 84 valence electrons. The van der Waals surface area contributed by atoms with Crippen molar-refractivity contribution in [3.05, 3.63) is 0 Å². The molecule has 0 saturated carbocycles. The zero-order valence-corrected chi connectivity index (χ0v) is 8.79. The zero-order chi connectivity index (χ0) is 11.2. The summed E-state index contributed by atoms with van der Waals surface area (Å²) in [5, 5.41) is 10.8. The molecule has 0 aliphatic rings. The molecule has 2 N–H and O–H groups in total. The molecule has 1 amide bonds. The monoisotopic (exact) mass is 243 g/mol. The maximum atomic E-state index is 11.0. The van der Waals surface area contributed by atoms with Crippen LogP contribution >= 0.6 is 0 Å². The van der Waals surface area contributed by atoms with Crippen LogP contribution in [0.15, 0.2) is 0 Å². The molecule has 0 bridgehead atoms. The quantitative estimate of drug-likeness (QED) is 0.564. The van der Waals surface area contributed by atoms with E-state index in [2.05, 4.69) is 5.32 Å². The van der Waals surface area contributed by atoms with Crippen molar-refractivity contribution in [3.63, 3.8) is 0 Å². The van der Waals surface area contributed by atoms with Crippen LogP contribution in [0.1, 0.15) is 33.6 Å². The number of aliphatic carboxylic acids is 1. The van der Waals surface area contributed by atoms with Crippen LogP contribution in [-0.4, -0.2) is 80.7 Å². The molecule has 0 unspecified atom stereocenters. The van der Waals surface area contributed by atoms with Crippen LogP contribution in [0.5, 0.6) is 0 Å². The summed E-state index contributed by atoms with van der Waals surface area (Å²) in [5.41, 5.74) is -0.517. The molecule has 0 atom stereocenters. The fraction of sp³-hybridized carbons (Fsp3) is 0.778. The second-order valence-electron chi connectivity index (χ2n) is 3.93. The zero-order valence-electron chi connectivity index (χ0n) is 8.79. The molecule has 5 nitrogen and oxygen atoms in total. The first-order valence-electron chi connectivity index (χ1n) is 4.50. The van der Waals surface area contributed by atoms with E-state index in [9.17, 15) is 9.59 Å². The topological polar surface area (TPSA) is 75.6 Å². The van der Waals surface area contributed by atoms with Crippen LogP contribution in [0.3, 0.4) is 0 Å². The van der Waals surface area contributed by atoms with Crippen molar-refractivity contribution in [2.75, 3.05) is 6.54 Å². The van der Waals surface area contributed by atoms with Gasteiger partial charge in [-0.25, -0.2) is 4.79 Å². The fourth-order valence-electron chi connectivity index (χ4n) is 0.744. The molecule has 0 aliphatic carbocycles. The van der Waals surface area contributed by atoms with Gasteiger partial charge in [0.25, 0.3) is 0 Å². The van der Waals surface area contributed by atoms with Crippen LogP contribution in [0.2, 0.25) is 0 Å². The Balaban J connectivity index is 0. The predicted octanol–water partition coefficient (Wildman–Crippen LogP) is 0.727. The third kappa shape index (κ3) is 14.4. The van der Waals surface area contributed by atoms with Gasteiger partial charge in [-0.2, -0.15) is 0 Å². The summed E-state index contributed by atoms with van der Waals surface area (Å²) < 4.78 is 4.95. The Kier molecular flexibility index (Phi) is 10.1. The summed E-state index contributed by atoms with van der Waals surface area (Å²) >= 11 is 0. The van der Waals surface area contributed by atoms with Crippen LogP contribution in [0.4, 0.5) is 4.79 Å². The molecular weight excluding hydrogens is 225 g/mol. The fourth-order valence-corrected chi connectivity index (χ4v) is 0.744. The number of amides is 1. The average molecular weight is 243 g/mol. The second kappa shape index (κ2) is 8.52.